The third-order valence-electron chi connectivity index (χ3n) is 7.96. The average molecular weight is 757 g/mol. The van der Waals surface area contributed by atoms with Crippen molar-refractivity contribution in [3.63, 3.8) is 0 Å². The smallest absolute Gasteiger partial charge is 0.343 e. The molecule has 0 aliphatic rings. The van der Waals surface area contributed by atoms with Crippen molar-refractivity contribution < 1.29 is 38.5 Å². The number of hydrogen-bond donors (Lipinski definition) is 2. The van der Waals surface area contributed by atoms with Crippen LogP contribution in [-0.2, 0) is 16.0 Å². The third kappa shape index (κ3) is 10.6. The van der Waals surface area contributed by atoms with Crippen LogP contribution in [0.2, 0.25) is 0 Å². The van der Waals surface area contributed by atoms with Gasteiger partial charge in [-0.25, -0.2) is 20.4 Å². The summed E-state index contributed by atoms with van der Waals surface area (Å²) in [5.74, 6) is -5.22. The van der Waals surface area contributed by atoms with Gasteiger partial charge in [-0.2, -0.15) is 10.2 Å². The van der Waals surface area contributed by atoms with Crippen LogP contribution in [0.5, 0.6) is 11.5 Å². The van der Waals surface area contributed by atoms with Crippen LogP contribution in [0.4, 0.5) is 11.4 Å². The summed E-state index contributed by atoms with van der Waals surface area (Å²) in [5.41, 5.74) is 6.49. The number of nitro benzene ring substituents is 2. The van der Waals surface area contributed by atoms with Crippen LogP contribution in [-0.4, -0.2) is 46.0 Å². The van der Waals surface area contributed by atoms with Crippen LogP contribution in [0.15, 0.2) is 125 Å². The van der Waals surface area contributed by atoms with E-state index in [1.807, 2.05) is 0 Å². The molecule has 0 saturated carbocycles. The van der Waals surface area contributed by atoms with Gasteiger partial charge in [-0.15, -0.1) is 0 Å². The Morgan fingerprint density at radius 1 is 0.625 bits per heavy atom. The quantitative estimate of drug-likeness (QED) is 0.0335. The maximum absolute atomic E-state index is 13.3. The minimum absolute atomic E-state index is 0.0670. The summed E-state index contributed by atoms with van der Waals surface area (Å²) in [6.07, 6.45) is 2.16. The number of benzene rings is 5. The minimum atomic E-state index is -1.37. The fraction of sp³-hybridized carbons (Fsp3) is 0.100. The number of carbonyl (C=O) groups is 4. The summed E-state index contributed by atoms with van der Waals surface area (Å²) in [4.78, 5) is 73.9. The summed E-state index contributed by atoms with van der Waals surface area (Å²) in [5, 5.41) is 31.3. The summed E-state index contributed by atoms with van der Waals surface area (Å²) < 4.78 is 10.6. The lowest BCUT2D eigenvalue weighted by Crippen LogP contribution is -2.39. The molecule has 5 aromatic rings. The van der Waals surface area contributed by atoms with Gasteiger partial charge in [0.15, 0.2) is 0 Å². The fourth-order valence-corrected chi connectivity index (χ4v) is 5.20. The zero-order valence-electron chi connectivity index (χ0n) is 29.8. The molecule has 0 atom stereocenters. The maximum atomic E-state index is 13.3. The summed E-state index contributed by atoms with van der Waals surface area (Å²) in [6, 6.07) is 29.1. The highest BCUT2D eigenvalue weighted by Crippen LogP contribution is 2.30. The minimum Gasteiger partial charge on any atom is -0.416 e. The average Bonchev–Trinajstić information content (AvgIpc) is 3.18. The van der Waals surface area contributed by atoms with Gasteiger partial charge in [-0.3, -0.25) is 29.8 Å². The van der Waals surface area contributed by atoms with Crippen molar-refractivity contribution in [1.82, 2.24) is 10.9 Å². The van der Waals surface area contributed by atoms with Crippen LogP contribution in [0.25, 0.3) is 0 Å². The SMILES string of the molecule is Cc1cccc(C(=O)Oc2ccc(/C=N\NC(=O)C(Cc3ccccc3)C(=O)N/N=C\c3ccc(OC(=O)c4cccc(C)c4)c([N+](=O)[O-])c3)cc2[N+](=O)[O-])c1. The van der Waals surface area contributed by atoms with Crippen LogP contribution >= 0.6 is 0 Å². The Labute approximate surface area is 318 Å². The fourth-order valence-electron chi connectivity index (χ4n) is 5.20. The van der Waals surface area contributed by atoms with E-state index >= 15 is 0 Å². The van der Waals surface area contributed by atoms with Crippen molar-refractivity contribution in [2.45, 2.75) is 20.3 Å². The van der Waals surface area contributed by atoms with E-state index in [0.29, 0.717) is 5.56 Å². The lowest BCUT2D eigenvalue weighted by atomic mass is 9.98. The van der Waals surface area contributed by atoms with Crippen LogP contribution in [0, 0.1) is 40.0 Å². The van der Waals surface area contributed by atoms with Gasteiger partial charge in [0.05, 0.1) is 33.4 Å². The number of ether oxygens (including phenoxy) is 2. The van der Waals surface area contributed by atoms with Crippen LogP contribution in [0.3, 0.4) is 0 Å². The summed E-state index contributed by atoms with van der Waals surface area (Å²) >= 11 is 0. The molecule has 0 bridgehead atoms. The monoisotopic (exact) mass is 756 g/mol. The topological polar surface area (TPSA) is 222 Å². The number of nitro groups is 2. The largest absolute Gasteiger partial charge is 0.416 e. The van der Waals surface area contributed by atoms with Crippen molar-refractivity contribution in [3.8, 4) is 11.5 Å². The standard InChI is InChI=1S/C40H32N6O10/c1-25-8-6-12-30(18-25)39(49)55-35-16-14-28(21-33(35)45(51)52)23-41-43-37(47)32(20-27-10-4-3-5-11-27)38(48)44-42-24-29-15-17-36(34(22-29)46(53)54)56-40(50)31-13-7-9-26(2)19-31/h3-19,21-24,32H,20H2,1-2H3,(H,43,47)(H,44,48)/b41-23-,42-24-. The van der Waals surface area contributed by atoms with E-state index in [-0.39, 0.29) is 40.2 Å². The first-order valence-corrected chi connectivity index (χ1v) is 16.7. The molecule has 5 rings (SSSR count). The molecule has 0 aliphatic heterocycles. The van der Waals surface area contributed by atoms with Gasteiger partial charge < -0.3 is 9.47 Å². The molecule has 0 radical (unpaired) electrons. The zero-order chi connectivity index (χ0) is 40.2. The number of esters is 2. The first-order valence-electron chi connectivity index (χ1n) is 16.7. The molecule has 0 fully saturated rings. The molecule has 0 unspecified atom stereocenters. The van der Waals surface area contributed by atoms with Gasteiger partial charge in [0.1, 0.15) is 5.92 Å². The molecule has 282 valence electrons. The summed E-state index contributed by atoms with van der Waals surface area (Å²) in [6.45, 7) is 3.57. The Balaban J connectivity index is 1.26. The number of aryl methyl sites for hydroxylation is 2. The molecule has 0 spiro atoms. The molecular formula is C40H32N6O10. The van der Waals surface area contributed by atoms with E-state index in [4.69, 9.17) is 9.47 Å². The van der Waals surface area contributed by atoms with Crippen molar-refractivity contribution in [2.24, 2.45) is 16.1 Å². The van der Waals surface area contributed by atoms with E-state index in [0.717, 1.165) is 35.7 Å². The van der Waals surface area contributed by atoms with Gasteiger partial charge in [0.25, 0.3) is 11.8 Å². The second-order valence-electron chi connectivity index (χ2n) is 12.2. The second kappa shape index (κ2) is 18.2. The van der Waals surface area contributed by atoms with Crippen molar-refractivity contribution >= 4 is 47.6 Å². The maximum Gasteiger partial charge on any atom is 0.343 e. The Morgan fingerprint density at radius 3 is 1.48 bits per heavy atom. The molecule has 0 saturated heterocycles. The van der Waals surface area contributed by atoms with Crippen LogP contribution in [0.1, 0.15) is 48.5 Å². The van der Waals surface area contributed by atoms with E-state index in [1.54, 1.807) is 80.6 Å². The van der Waals surface area contributed by atoms with Gasteiger partial charge >= 0.3 is 23.3 Å². The third-order valence-corrected chi connectivity index (χ3v) is 7.96. The molecule has 0 aromatic heterocycles. The number of nitrogens with zero attached hydrogens (tertiary/aromatic N) is 4. The van der Waals surface area contributed by atoms with Gasteiger partial charge in [-0.1, -0.05) is 65.7 Å². The Hall–Kier alpha value is -7.88. The van der Waals surface area contributed by atoms with Gasteiger partial charge in [0.2, 0.25) is 11.5 Å². The lowest BCUT2D eigenvalue weighted by molar-refractivity contribution is -0.385. The zero-order valence-corrected chi connectivity index (χ0v) is 29.8. The first-order chi connectivity index (χ1) is 26.9. The normalized spacial score (nSPS) is 11.0. The highest BCUT2D eigenvalue weighted by atomic mass is 16.6. The Kier molecular flexibility index (Phi) is 12.8. The first kappa shape index (κ1) is 39.3. The van der Waals surface area contributed by atoms with E-state index < -0.39 is 50.9 Å². The molecule has 2 N–H and O–H groups in total. The van der Waals surface area contributed by atoms with E-state index in [1.165, 1.54) is 36.4 Å². The number of carbonyl (C=O) groups excluding carboxylic acids is 4. The van der Waals surface area contributed by atoms with Gasteiger partial charge in [-0.05, 0) is 74.4 Å². The molecule has 16 heteroatoms. The van der Waals surface area contributed by atoms with E-state index in [2.05, 4.69) is 21.1 Å². The number of amides is 2. The summed E-state index contributed by atoms with van der Waals surface area (Å²) in [7, 11) is 0. The number of nitrogens with one attached hydrogen (secondary N) is 2. The molecule has 2 amide bonds. The number of hydrogen-bond acceptors (Lipinski definition) is 12. The Bertz CT molecular complexity index is 2230. The Morgan fingerprint density at radius 2 is 1.07 bits per heavy atom. The molecular weight excluding hydrogens is 724 g/mol. The highest BCUT2D eigenvalue weighted by molar-refractivity contribution is 6.01. The van der Waals surface area contributed by atoms with E-state index in [9.17, 15) is 39.4 Å². The van der Waals surface area contributed by atoms with Crippen molar-refractivity contribution in [3.05, 3.63) is 174 Å². The van der Waals surface area contributed by atoms with Gasteiger partial charge in [0, 0.05) is 23.3 Å². The second-order valence-corrected chi connectivity index (χ2v) is 12.2. The highest BCUT2D eigenvalue weighted by Gasteiger charge is 2.27. The number of rotatable bonds is 14. The predicted octanol–water partition coefficient (Wildman–Crippen LogP) is 6.02. The molecule has 56 heavy (non-hydrogen) atoms. The van der Waals surface area contributed by atoms with Crippen LogP contribution < -0.4 is 20.3 Å². The lowest BCUT2D eigenvalue weighted by Gasteiger charge is -2.13. The number of hydrazone groups is 2. The molecule has 0 aliphatic carbocycles. The molecule has 0 heterocycles. The molecule has 5 aromatic carbocycles. The molecule has 16 nitrogen and oxygen atoms in total. The van der Waals surface area contributed by atoms with Crippen molar-refractivity contribution in [1.29, 1.82) is 0 Å². The van der Waals surface area contributed by atoms with Crippen molar-refractivity contribution in [2.75, 3.05) is 0 Å². The predicted molar refractivity (Wildman–Crippen MR) is 204 cm³/mol.